The second-order valence-corrected chi connectivity index (χ2v) is 7.66. The standard InChI is InChI=1S/C23H23N3O4/c1-14(2)25-10-11-26-19(24-22(29)21(28)20(26)23(25)30)13-16-12-17(27)8-9-18(16)15-6-4-3-5-7-15/h3-9,12,14,27-28H,10-11,13H2,1-2H3. The summed E-state index contributed by atoms with van der Waals surface area (Å²) in [6.07, 6.45) is 0.232. The lowest BCUT2D eigenvalue weighted by atomic mass is 9.97. The lowest BCUT2D eigenvalue weighted by Gasteiger charge is -2.34. The van der Waals surface area contributed by atoms with Crippen molar-refractivity contribution in [2.45, 2.75) is 32.9 Å². The maximum Gasteiger partial charge on any atom is 0.315 e. The van der Waals surface area contributed by atoms with E-state index in [1.54, 1.807) is 21.6 Å². The number of phenols is 1. The molecule has 0 radical (unpaired) electrons. The van der Waals surface area contributed by atoms with Gasteiger partial charge >= 0.3 is 5.56 Å². The summed E-state index contributed by atoms with van der Waals surface area (Å²) < 4.78 is 1.62. The first kappa shape index (κ1) is 19.7. The molecule has 7 heteroatoms. The highest BCUT2D eigenvalue weighted by Crippen LogP contribution is 2.30. The van der Waals surface area contributed by atoms with E-state index in [0.717, 1.165) is 16.7 Å². The van der Waals surface area contributed by atoms with Crippen LogP contribution in [-0.4, -0.2) is 43.2 Å². The van der Waals surface area contributed by atoms with Gasteiger partial charge in [-0.2, -0.15) is 4.98 Å². The van der Waals surface area contributed by atoms with Crippen molar-refractivity contribution in [1.29, 1.82) is 0 Å². The minimum Gasteiger partial charge on any atom is -0.508 e. The van der Waals surface area contributed by atoms with E-state index in [-0.39, 0.29) is 29.8 Å². The van der Waals surface area contributed by atoms with Crippen LogP contribution in [0, 0.1) is 0 Å². The van der Waals surface area contributed by atoms with Crippen molar-refractivity contribution in [3.05, 3.63) is 76.0 Å². The van der Waals surface area contributed by atoms with Gasteiger partial charge in [-0.25, -0.2) is 0 Å². The molecular formula is C23H23N3O4. The summed E-state index contributed by atoms with van der Waals surface area (Å²) >= 11 is 0. The molecule has 0 saturated carbocycles. The molecule has 4 rings (SSSR count). The molecule has 1 aliphatic rings. The Kier molecular flexibility index (Phi) is 5.03. The van der Waals surface area contributed by atoms with Gasteiger partial charge in [-0.05, 0) is 42.7 Å². The Balaban J connectivity index is 1.83. The van der Waals surface area contributed by atoms with Gasteiger partial charge in [0.25, 0.3) is 5.91 Å². The third-order valence-electron chi connectivity index (χ3n) is 5.41. The van der Waals surface area contributed by atoms with Crippen molar-refractivity contribution in [3.63, 3.8) is 0 Å². The molecule has 1 aromatic heterocycles. The van der Waals surface area contributed by atoms with Crippen LogP contribution in [0.25, 0.3) is 11.1 Å². The zero-order valence-electron chi connectivity index (χ0n) is 16.9. The third-order valence-corrected chi connectivity index (χ3v) is 5.41. The van der Waals surface area contributed by atoms with Crippen LogP contribution in [0.1, 0.15) is 35.7 Å². The molecule has 154 valence electrons. The topological polar surface area (TPSA) is 95.7 Å². The number of hydrogen-bond acceptors (Lipinski definition) is 5. The molecule has 0 unspecified atom stereocenters. The minimum absolute atomic E-state index is 0.0219. The lowest BCUT2D eigenvalue weighted by molar-refractivity contribution is 0.0638. The molecule has 2 N–H and O–H groups in total. The number of rotatable bonds is 4. The Morgan fingerprint density at radius 2 is 1.77 bits per heavy atom. The van der Waals surface area contributed by atoms with Crippen LogP contribution in [-0.2, 0) is 13.0 Å². The summed E-state index contributed by atoms with van der Waals surface area (Å²) in [5, 5.41) is 20.3. The van der Waals surface area contributed by atoms with Crippen LogP contribution in [0.3, 0.4) is 0 Å². The van der Waals surface area contributed by atoms with Crippen molar-refractivity contribution in [3.8, 4) is 22.6 Å². The zero-order valence-corrected chi connectivity index (χ0v) is 16.9. The smallest absolute Gasteiger partial charge is 0.315 e. The normalized spacial score (nSPS) is 13.6. The number of carbonyl (C=O) groups excluding carboxylic acids is 1. The number of nitrogens with zero attached hydrogens (tertiary/aromatic N) is 3. The molecule has 0 aliphatic carbocycles. The minimum atomic E-state index is -0.823. The van der Waals surface area contributed by atoms with Gasteiger partial charge in [0.2, 0.25) is 5.75 Å². The van der Waals surface area contributed by atoms with Crippen LogP contribution in [0.4, 0.5) is 0 Å². The van der Waals surface area contributed by atoms with E-state index in [9.17, 15) is 19.8 Å². The van der Waals surface area contributed by atoms with E-state index >= 15 is 0 Å². The fourth-order valence-electron chi connectivity index (χ4n) is 3.92. The molecule has 2 aromatic carbocycles. The predicted molar refractivity (Wildman–Crippen MR) is 113 cm³/mol. The molecule has 0 spiro atoms. The second kappa shape index (κ2) is 7.67. The van der Waals surface area contributed by atoms with Crippen LogP contribution >= 0.6 is 0 Å². The predicted octanol–water partition coefficient (Wildman–Crippen LogP) is 2.78. The number of fused-ring (bicyclic) bond motifs is 1. The van der Waals surface area contributed by atoms with Gasteiger partial charge in [-0.15, -0.1) is 0 Å². The molecule has 3 aromatic rings. The van der Waals surface area contributed by atoms with Crippen molar-refractivity contribution < 1.29 is 15.0 Å². The van der Waals surface area contributed by atoms with Gasteiger partial charge in [-0.3, -0.25) is 9.59 Å². The van der Waals surface area contributed by atoms with Crippen LogP contribution in [0.15, 0.2) is 53.3 Å². The summed E-state index contributed by atoms with van der Waals surface area (Å²) in [4.78, 5) is 31.0. The number of aromatic hydroxyl groups is 2. The highest BCUT2D eigenvalue weighted by molar-refractivity contribution is 5.95. The fourth-order valence-corrected chi connectivity index (χ4v) is 3.92. The molecule has 7 nitrogen and oxygen atoms in total. The first-order valence-electron chi connectivity index (χ1n) is 9.87. The molecule has 1 amide bonds. The lowest BCUT2D eigenvalue weighted by Crippen LogP contribution is -2.46. The van der Waals surface area contributed by atoms with Crippen molar-refractivity contribution in [2.24, 2.45) is 0 Å². The van der Waals surface area contributed by atoms with E-state index < -0.39 is 11.3 Å². The van der Waals surface area contributed by atoms with Crippen molar-refractivity contribution in [2.75, 3.05) is 6.54 Å². The van der Waals surface area contributed by atoms with Gasteiger partial charge in [-0.1, -0.05) is 36.4 Å². The van der Waals surface area contributed by atoms with E-state index in [2.05, 4.69) is 4.98 Å². The SMILES string of the molecule is CC(C)N1CCn2c(Cc3cc(O)ccc3-c3ccccc3)nc(=O)c(O)c2C1=O. The van der Waals surface area contributed by atoms with E-state index in [4.69, 9.17) is 0 Å². The highest BCUT2D eigenvalue weighted by atomic mass is 16.3. The maximum absolute atomic E-state index is 12.9. The quantitative estimate of drug-likeness (QED) is 0.696. The first-order valence-corrected chi connectivity index (χ1v) is 9.87. The van der Waals surface area contributed by atoms with Gasteiger partial charge in [0.1, 0.15) is 11.6 Å². The average Bonchev–Trinajstić information content (AvgIpc) is 2.72. The largest absolute Gasteiger partial charge is 0.508 e. The summed E-state index contributed by atoms with van der Waals surface area (Å²) in [5.41, 5.74) is 1.79. The Morgan fingerprint density at radius 3 is 2.47 bits per heavy atom. The Labute approximate surface area is 173 Å². The number of aromatic nitrogens is 2. The molecule has 0 fully saturated rings. The summed E-state index contributed by atoms with van der Waals surface area (Å²) in [5.74, 6) is -0.513. The molecular weight excluding hydrogens is 382 g/mol. The molecule has 1 aliphatic heterocycles. The van der Waals surface area contributed by atoms with Crippen LogP contribution in [0.5, 0.6) is 11.5 Å². The molecule has 0 saturated heterocycles. The van der Waals surface area contributed by atoms with E-state index in [1.165, 1.54) is 0 Å². The summed E-state index contributed by atoms with van der Waals surface area (Å²) in [7, 11) is 0. The molecule has 2 heterocycles. The average molecular weight is 405 g/mol. The van der Waals surface area contributed by atoms with Crippen molar-refractivity contribution in [1.82, 2.24) is 14.5 Å². The van der Waals surface area contributed by atoms with Crippen molar-refractivity contribution >= 4 is 5.91 Å². The van der Waals surface area contributed by atoms with Gasteiger partial charge in [0, 0.05) is 25.6 Å². The van der Waals surface area contributed by atoms with Gasteiger partial charge in [0.15, 0.2) is 5.69 Å². The molecule has 30 heavy (non-hydrogen) atoms. The van der Waals surface area contributed by atoms with Crippen LogP contribution in [0.2, 0.25) is 0 Å². The van der Waals surface area contributed by atoms with E-state index in [1.807, 2.05) is 50.2 Å². The van der Waals surface area contributed by atoms with Crippen LogP contribution < -0.4 is 5.56 Å². The van der Waals surface area contributed by atoms with E-state index in [0.29, 0.717) is 18.9 Å². The summed E-state index contributed by atoms with van der Waals surface area (Å²) in [6, 6.07) is 14.7. The number of carbonyl (C=O) groups is 1. The second-order valence-electron chi connectivity index (χ2n) is 7.66. The number of amides is 1. The Morgan fingerprint density at radius 1 is 1.03 bits per heavy atom. The van der Waals surface area contributed by atoms with Gasteiger partial charge in [0.05, 0.1) is 0 Å². The maximum atomic E-state index is 12.9. The van der Waals surface area contributed by atoms with Gasteiger partial charge < -0.3 is 19.7 Å². The number of benzene rings is 2. The fraction of sp³-hybridized carbons (Fsp3) is 0.261. The monoisotopic (exact) mass is 405 g/mol. The number of phenolic OH excluding ortho intramolecular Hbond substituents is 1. The Hall–Kier alpha value is -3.61. The number of hydrogen-bond donors (Lipinski definition) is 2. The Bertz CT molecular complexity index is 1170. The molecule has 0 atom stereocenters. The summed E-state index contributed by atoms with van der Waals surface area (Å²) in [6.45, 7) is 4.67. The highest BCUT2D eigenvalue weighted by Gasteiger charge is 2.32. The first-order chi connectivity index (χ1) is 14.4. The molecule has 0 bridgehead atoms. The zero-order chi connectivity index (χ0) is 21.4. The third kappa shape index (κ3) is 3.43.